The zero-order chi connectivity index (χ0) is 12.1. The maximum atomic E-state index is 13.5. The molecule has 1 N–H and O–H groups in total. The van der Waals surface area contributed by atoms with Crippen molar-refractivity contribution in [3.8, 4) is 5.75 Å². The van der Waals surface area contributed by atoms with Crippen LogP contribution in [0.15, 0.2) is 18.2 Å². The fourth-order valence-corrected chi connectivity index (χ4v) is 3.85. The summed E-state index contributed by atoms with van der Waals surface area (Å²) >= 11 is 0. The van der Waals surface area contributed by atoms with Gasteiger partial charge in [0, 0.05) is 12.6 Å². The molecule has 2 bridgehead atoms. The van der Waals surface area contributed by atoms with Crippen LogP contribution in [-0.4, -0.2) is 20.7 Å². The second-order valence-corrected chi connectivity index (χ2v) is 5.72. The highest BCUT2D eigenvalue weighted by Crippen LogP contribution is 2.73. The molecule has 1 aromatic carbocycles. The van der Waals surface area contributed by atoms with Crippen LogP contribution >= 0.6 is 0 Å². The van der Waals surface area contributed by atoms with Crippen molar-refractivity contribution in [2.45, 2.75) is 24.7 Å². The molecule has 92 valence electrons. The molecule has 0 saturated heterocycles. The van der Waals surface area contributed by atoms with Crippen LogP contribution in [0, 0.1) is 11.2 Å². The Labute approximate surface area is 101 Å². The Morgan fingerprint density at radius 1 is 1.29 bits per heavy atom. The summed E-state index contributed by atoms with van der Waals surface area (Å²) in [4.78, 5) is 0. The van der Waals surface area contributed by atoms with Gasteiger partial charge in [-0.25, -0.2) is 4.39 Å². The third kappa shape index (κ3) is 1.48. The number of nitrogens with one attached hydrogen (secondary N) is 1. The third-order valence-corrected chi connectivity index (χ3v) is 4.41. The minimum Gasteiger partial charge on any atom is -0.497 e. The monoisotopic (exact) mass is 235 g/mol. The normalized spacial score (nSPS) is 33.8. The zero-order valence-corrected chi connectivity index (χ0v) is 10.3. The molecule has 0 heterocycles. The van der Waals surface area contributed by atoms with Gasteiger partial charge in [0.2, 0.25) is 0 Å². The van der Waals surface area contributed by atoms with E-state index in [0.29, 0.717) is 11.2 Å². The van der Waals surface area contributed by atoms with Crippen molar-refractivity contribution in [3.63, 3.8) is 0 Å². The first-order valence-corrected chi connectivity index (χ1v) is 6.11. The van der Waals surface area contributed by atoms with E-state index in [2.05, 4.69) is 5.32 Å². The molecule has 3 saturated carbocycles. The van der Waals surface area contributed by atoms with Gasteiger partial charge in [-0.15, -0.1) is 0 Å². The Balaban J connectivity index is 1.82. The molecule has 0 atom stereocenters. The molecule has 0 spiro atoms. The number of hydrogen-bond acceptors (Lipinski definition) is 2. The van der Waals surface area contributed by atoms with Gasteiger partial charge in [-0.3, -0.25) is 0 Å². The molecule has 0 radical (unpaired) electrons. The van der Waals surface area contributed by atoms with Crippen molar-refractivity contribution in [1.29, 1.82) is 0 Å². The van der Waals surface area contributed by atoms with Gasteiger partial charge in [0.05, 0.1) is 7.11 Å². The summed E-state index contributed by atoms with van der Waals surface area (Å²) in [7, 11) is 3.58. The number of methoxy groups -OCH3 is 1. The van der Waals surface area contributed by atoms with Gasteiger partial charge in [0.25, 0.3) is 0 Å². The van der Waals surface area contributed by atoms with Gasteiger partial charge in [0.15, 0.2) is 0 Å². The van der Waals surface area contributed by atoms with E-state index in [1.807, 2.05) is 13.1 Å². The van der Waals surface area contributed by atoms with Crippen LogP contribution in [0.2, 0.25) is 0 Å². The predicted molar refractivity (Wildman–Crippen MR) is 64.8 cm³/mol. The molecule has 3 heteroatoms. The van der Waals surface area contributed by atoms with E-state index in [4.69, 9.17) is 4.74 Å². The first-order valence-electron chi connectivity index (χ1n) is 6.11. The highest BCUT2D eigenvalue weighted by atomic mass is 19.1. The number of rotatable bonds is 4. The van der Waals surface area contributed by atoms with Gasteiger partial charge in [-0.2, -0.15) is 0 Å². The summed E-state index contributed by atoms with van der Waals surface area (Å²) in [6.45, 7) is 1.08. The molecule has 0 aliphatic heterocycles. The Bertz CT molecular complexity index is 438. The Morgan fingerprint density at radius 2 is 2.00 bits per heavy atom. The lowest BCUT2D eigenvalue weighted by molar-refractivity contribution is -0.137. The van der Waals surface area contributed by atoms with Crippen LogP contribution in [0.1, 0.15) is 24.8 Å². The standard InChI is InChI=1S/C14H18FNO/c1-16-9-13-6-14(7-13,8-13)10-3-11(15)5-12(4-10)17-2/h3-5,16H,6-9H2,1-2H3. The van der Waals surface area contributed by atoms with Crippen molar-refractivity contribution in [1.82, 2.24) is 5.32 Å². The zero-order valence-electron chi connectivity index (χ0n) is 10.3. The molecule has 0 unspecified atom stereocenters. The number of halogens is 1. The van der Waals surface area contributed by atoms with Crippen LogP contribution in [0.5, 0.6) is 5.75 Å². The van der Waals surface area contributed by atoms with E-state index in [9.17, 15) is 4.39 Å². The van der Waals surface area contributed by atoms with Crippen LogP contribution < -0.4 is 10.1 Å². The summed E-state index contributed by atoms with van der Waals surface area (Å²) in [6.07, 6.45) is 3.56. The lowest BCUT2D eigenvalue weighted by atomic mass is 9.33. The predicted octanol–water partition coefficient (Wildman–Crippen LogP) is 2.48. The van der Waals surface area contributed by atoms with Crippen molar-refractivity contribution in [3.05, 3.63) is 29.6 Å². The average molecular weight is 235 g/mol. The summed E-state index contributed by atoms with van der Waals surface area (Å²) in [5, 5.41) is 3.25. The first-order chi connectivity index (χ1) is 8.11. The van der Waals surface area contributed by atoms with Crippen LogP contribution in [0.3, 0.4) is 0 Å². The molecule has 3 aliphatic carbocycles. The quantitative estimate of drug-likeness (QED) is 0.865. The van der Waals surface area contributed by atoms with Crippen molar-refractivity contribution < 1.29 is 9.13 Å². The van der Waals surface area contributed by atoms with Gasteiger partial charge in [0.1, 0.15) is 11.6 Å². The lowest BCUT2D eigenvalue weighted by Gasteiger charge is -2.71. The average Bonchev–Trinajstić information content (AvgIpc) is 2.20. The molecule has 0 amide bonds. The molecular formula is C14H18FNO. The first kappa shape index (κ1) is 11.0. The van der Waals surface area contributed by atoms with Crippen molar-refractivity contribution in [2.24, 2.45) is 5.41 Å². The summed E-state index contributed by atoms with van der Waals surface area (Å²) in [5.41, 5.74) is 1.85. The topological polar surface area (TPSA) is 21.3 Å². The molecule has 2 nitrogen and oxygen atoms in total. The second kappa shape index (κ2) is 3.45. The number of hydrogen-bond donors (Lipinski definition) is 1. The molecular weight excluding hydrogens is 217 g/mol. The third-order valence-electron chi connectivity index (χ3n) is 4.41. The fourth-order valence-electron chi connectivity index (χ4n) is 3.85. The van der Waals surface area contributed by atoms with Crippen LogP contribution in [-0.2, 0) is 5.41 Å². The Morgan fingerprint density at radius 3 is 2.59 bits per heavy atom. The molecule has 1 aromatic rings. The van der Waals surface area contributed by atoms with Gasteiger partial charge in [-0.05, 0) is 54.8 Å². The van der Waals surface area contributed by atoms with Crippen LogP contribution in [0.25, 0.3) is 0 Å². The SMILES string of the molecule is CNCC12CC(c3cc(F)cc(OC)c3)(C1)C2. The second-order valence-electron chi connectivity index (χ2n) is 5.72. The van der Waals surface area contributed by atoms with E-state index in [-0.39, 0.29) is 11.2 Å². The largest absolute Gasteiger partial charge is 0.497 e. The minimum absolute atomic E-state index is 0.188. The van der Waals surface area contributed by atoms with Gasteiger partial charge < -0.3 is 10.1 Å². The molecule has 0 aromatic heterocycles. The highest BCUT2D eigenvalue weighted by molar-refractivity contribution is 5.42. The number of ether oxygens (including phenoxy) is 1. The van der Waals surface area contributed by atoms with Gasteiger partial charge >= 0.3 is 0 Å². The fraction of sp³-hybridized carbons (Fsp3) is 0.571. The van der Waals surface area contributed by atoms with Crippen molar-refractivity contribution in [2.75, 3.05) is 20.7 Å². The smallest absolute Gasteiger partial charge is 0.127 e. The molecule has 3 aliphatic rings. The maximum Gasteiger partial charge on any atom is 0.127 e. The minimum atomic E-state index is -0.188. The van der Waals surface area contributed by atoms with Crippen molar-refractivity contribution >= 4 is 0 Å². The summed E-state index contributed by atoms with van der Waals surface area (Å²) in [5.74, 6) is 0.444. The van der Waals surface area contributed by atoms with E-state index in [1.54, 1.807) is 13.2 Å². The van der Waals surface area contributed by atoms with Gasteiger partial charge in [-0.1, -0.05) is 0 Å². The molecule has 3 fully saturated rings. The lowest BCUT2D eigenvalue weighted by Crippen LogP contribution is -2.67. The number of benzene rings is 1. The van der Waals surface area contributed by atoms with Crippen LogP contribution in [0.4, 0.5) is 4.39 Å². The molecule has 4 rings (SSSR count). The summed E-state index contributed by atoms with van der Waals surface area (Å²) in [6, 6.07) is 5.11. The molecule has 17 heavy (non-hydrogen) atoms. The van der Waals surface area contributed by atoms with E-state index in [0.717, 1.165) is 12.1 Å². The Hall–Kier alpha value is -1.09. The Kier molecular flexibility index (Phi) is 2.24. The maximum absolute atomic E-state index is 13.5. The van der Waals surface area contributed by atoms with E-state index < -0.39 is 0 Å². The summed E-state index contributed by atoms with van der Waals surface area (Å²) < 4.78 is 18.6. The van der Waals surface area contributed by atoms with E-state index >= 15 is 0 Å². The van der Waals surface area contributed by atoms with E-state index in [1.165, 1.54) is 25.3 Å². The highest BCUT2D eigenvalue weighted by Gasteiger charge is 2.67.